The molecular weight excluding hydrogens is 384 g/mol. The zero-order valence-electron chi connectivity index (χ0n) is 16.8. The van der Waals surface area contributed by atoms with Crippen LogP contribution in [0.15, 0.2) is 71.7 Å². The lowest BCUT2D eigenvalue weighted by atomic mass is 10.0. The van der Waals surface area contributed by atoms with Crippen molar-refractivity contribution in [3.63, 3.8) is 0 Å². The van der Waals surface area contributed by atoms with E-state index in [9.17, 15) is 8.78 Å². The Morgan fingerprint density at radius 3 is 2.20 bits per heavy atom. The predicted octanol–water partition coefficient (Wildman–Crippen LogP) is 6.33. The number of unbranched alkanes of at least 4 members (excludes halogenated alkanes) is 1. The number of aliphatic imine (C=N–C) groups is 1. The van der Waals surface area contributed by atoms with Gasteiger partial charge in [0.2, 0.25) is 5.90 Å². The number of ether oxygens (including phenoxy) is 2. The van der Waals surface area contributed by atoms with Crippen LogP contribution < -0.4 is 4.74 Å². The van der Waals surface area contributed by atoms with Crippen LogP contribution in [0.5, 0.6) is 5.75 Å². The van der Waals surface area contributed by atoms with Gasteiger partial charge in [0.15, 0.2) is 0 Å². The monoisotopic (exact) mass is 407 g/mol. The Hall–Kier alpha value is -3.21. The molecule has 0 aliphatic carbocycles. The van der Waals surface area contributed by atoms with E-state index in [0.717, 1.165) is 41.9 Å². The minimum absolute atomic E-state index is 0.0124. The summed E-state index contributed by atoms with van der Waals surface area (Å²) in [7, 11) is 0. The average Bonchev–Trinajstić information content (AvgIpc) is 3.24. The third-order valence-corrected chi connectivity index (χ3v) is 5.08. The van der Waals surface area contributed by atoms with Crippen LogP contribution in [0, 0.1) is 11.6 Å². The molecule has 0 fully saturated rings. The van der Waals surface area contributed by atoms with Crippen molar-refractivity contribution in [3.8, 4) is 16.9 Å². The molecule has 154 valence electrons. The zero-order valence-corrected chi connectivity index (χ0v) is 16.8. The molecule has 1 aliphatic heterocycles. The second-order valence-electron chi connectivity index (χ2n) is 7.21. The van der Waals surface area contributed by atoms with Crippen molar-refractivity contribution >= 4 is 5.90 Å². The van der Waals surface area contributed by atoms with Gasteiger partial charge < -0.3 is 9.47 Å². The van der Waals surface area contributed by atoms with Crippen molar-refractivity contribution < 1.29 is 18.3 Å². The number of hydrogen-bond donors (Lipinski definition) is 0. The fraction of sp³-hybridized carbons (Fsp3) is 0.240. The summed E-state index contributed by atoms with van der Waals surface area (Å²) in [6, 6.07) is 19.4. The summed E-state index contributed by atoms with van der Waals surface area (Å²) in [6.07, 6.45) is 2.15. The summed E-state index contributed by atoms with van der Waals surface area (Å²) in [4.78, 5) is 4.40. The van der Waals surface area contributed by atoms with Crippen LogP contribution in [0.2, 0.25) is 0 Å². The number of halogens is 2. The molecule has 1 unspecified atom stereocenters. The number of benzene rings is 3. The molecule has 0 saturated carbocycles. The highest BCUT2D eigenvalue weighted by Crippen LogP contribution is 2.29. The standard InChI is InChI=1S/C25H23F2NO2/c1-2-3-15-29-20-13-11-18(12-14-20)17-7-9-19(10-8-17)23-16-30-25(28-23)24-21(26)5-4-6-22(24)27/h4-14,23H,2-3,15-16H2,1H3. The third kappa shape index (κ3) is 4.35. The largest absolute Gasteiger partial charge is 0.494 e. The Bertz CT molecular complexity index is 1010. The van der Waals surface area contributed by atoms with Crippen molar-refractivity contribution in [2.45, 2.75) is 25.8 Å². The number of nitrogens with zero attached hydrogens (tertiary/aromatic N) is 1. The molecule has 3 aromatic rings. The Morgan fingerprint density at radius 1 is 0.933 bits per heavy atom. The van der Waals surface area contributed by atoms with Crippen LogP contribution in [0.4, 0.5) is 8.78 Å². The first-order valence-electron chi connectivity index (χ1n) is 10.1. The van der Waals surface area contributed by atoms with Gasteiger partial charge in [0, 0.05) is 0 Å². The molecule has 0 bridgehead atoms. The van der Waals surface area contributed by atoms with Gasteiger partial charge in [-0.15, -0.1) is 0 Å². The smallest absolute Gasteiger partial charge is 0.222 e. The summed E-state index contributed by atoms with van der Waals surface area (Å²) < 4.78 is 39.2. The normalized spacial score (nSPS) is 15.6. The maximum atomic E-state index is 14.0. The van der Waals surface area contributed by atoms with Gasteiger partial charge in [0.05, 0.1) is 6.61 Å². The third-order valence-electron chi connectivity index (χ3n) is 5.08. The quantitative estimate of drug-likeness (QED) is 0.429. The highest BCUT2D eigenvalue weighted by Gasteiger charge is 2.26. The molecule has 0 amide bonds. The molecule has 0 radical (unpaired) electrons. The van der Waals surface area contributed by atoms with E-state index in [2.05, 4.69) is 11.9 Å². The first-order chi connectivity index (χ1) is 14.7. The van der Waals surface area contributed by atoms with Crippen molar-refractivity contribution in [1.82, 2.24) is 0 Å². The van der Waals surface area contributed by atoms with E-state index in [1.807, 2.05) is 48.5 Å². The van der Waals surface area contributed by atoms with E-state index in [4.69, 9.17) is 9.47 Å². The van der Waals surface area contributed by atoms with Crippen molar-refractivity contribution in [2.75, 3.05) is 13.2 Å². The van der Waals surface area contributed by atoms with E-state index in [1.54, 1.807) is 0 Å². The zero-order chi connectivity index (χ0) is 20.9. The molecule has 1 heterocycles. The molecular formula is C25H23F2NO2. The summed E-state index contributed by atoms with van der Waals surface area (Å²) in [5, 5.41) is 0. The van der Waals surface area contributed by atoms with Gasteiger partial charge in [0.25, 0.3) is 0 Å². The number of hydrogen-bond acceptors (Lipinski definition) is 3. The van der Waals surface area contributed by atoms with Crippen LogP contribution in [0.25, 0.3) is 11.1 Å². The highest BCUT2D eigenvalue weighted by atomic mass is 19.1. The molecule has 1 atom stereocenters. The fourth-order valence-corrected chi connectivity index (χ4v) is 3.36. The Kier molecular flexibility index (Phi) is 6.07. The van der Waals surface area contributed by atoms with E-state index in [0.29, 0.717) is 0 Å². The first-order valence-corrected chi connectivity index (χ1v) is 10.1. The highest BCUT2D eigenvalue weighted by molar-refractivity contribution is 5.95. The molecule has 0 spiro atoms. The molecule has 4 rings (SSSR count). The minimum atomic E-state index is -0.674. The van der Waals surface area contributed by atoms with E-state index < -0.39 is 11.6 Å². The summed E-state index contributed by atoms with van der Waals surface area (Å²) in [5.41, 5.74) is 2.88. The van der Waals surface area contributed by atoms with Gasteiger partial charge in [-0.3, -0.25) is 0 Å². The number of rotatable bonds is 7. The lowest BCUT2D eigenvalue weighted by Crippen LogP contribution is -2.07. The minimum Gasteiger partial charge on any atom is -0.494 e. The maximum Gasteiger partial charge on any atom is 0.222 e. The Labute approximate surface area is 175 Å². The van der Waals surface area contributed by atoms with Gasteiger partial charge in [-0.2, -0.15) is 0 Å². The molecule has 30 heavy (non-hydrogen) atoms. The van der Waals surface area contributed by atoms with E-state index >= 15 is 0 Å². The molecule has 3 nitrogen and oxygen atoms in total. The van der Waals surface area contributed by atoms with Crippen molar-refractivity contribution in [2.24, 2.45) is 4.99 Å². The van der Waals surface area contributed by atoms with Crippen LogP contribution in [-0.4, -0.2) is 19.1 Å². The SMILES string of the molecule is CCCCOc1ccc(-c2ccc(C3COC(c4c(F)cccc4F)=N3)cc2)cc1. The molecule has 3 aromatic carbocycles. The van der Waals surface area contributed by atoms with E-state index in [-0.39, 0.29) is 24.1 Å². The van der Waals surface area contributed by atoms with Crippen LogP contribution in [-0.2, 0) is 4.74 Å². The first kappa shape index (κ1) is 20.1. The Balaban J connectivity index is 1.47. The second kappa shape index (κ2) is 9.08. The van der Waals surface area contributed by atoms with Gasteiger partial charge in [-0.25, -0.2) is 13.8 Å². The second-order valence-corrected chi connectivity index (χ2v) is 7.21. The summed E-state index contributed by atoms with van der Waals surface area (Å²) >= 11 is 0. The van der Waals surface area contributed by atoms with Gasteiger partial charge in [0.1, 0.15) is 35.6 Å². The van der Waals surface area contributed by atoms with Crippen LogP contribution >= 0.6 is 0 Å². The maximum absolute atomic E-state index is 14.0. The van der Waals surface area contributed by atoms with Gasteiger partial charge in [-0.1, -0.05) is 55.8 Å². The predicted molar refractivity (Wildman–Crippen MR) is 114 cm³/mol. The molecule has 5 heteroatoms. The van der Waals surface area contributed by atoms with E-state index in [1.165, 1.54) is 18.2 Å². The molecule has 0 N–H and O–H groups in total. The van der Waals surface area contributed by atoms with Gasteiger partial charge >= 0.3 is 0 Å². The summed E-state index contributed by atoms with van der Waals surface area (Å²) in [5.74, 6) is -0.466. The topological polar surface area (TPSA) is 30.8 Å². The molecule has 0 aromatic heterocycles. The molecule has 1 aliphatic rings. The van der Waals surface area contributed by atoms with Crippen molar-refractivity contribution in [1.29, 1.82) is 0 Å². The lowest BCUT2D eigenvalue weighted by molar-refractivity contribution is 0.309. The van der Waals surface area contributed by atoms with Crippen LogP contribution in [0.1, 0.15) is 36.9 Å². The average molecular weight is 407 g/mol. The van der Waals surface area contributed by atoms with Gasteiger partial charge in [-0.05, 0) is 47.4 Å². The lowest BCUT2D eigenvalue weighted by Gasteiger charge is -2.09. The summed E-state index contributed by atoms with van der Waals surface area (Å²) in [6.45, 7) is 3.12. The fourth-order valence-electron chi connectivity index (χ4n) is 3.36. The Morgan fingerprint density at radius 2 is 1.57 bits per heavy atom. The van der Waals surface area contributed by atoms with Crippen molar-refractivity contribution in [3.05, 3.63) is 89.5 Å². The molecule has 0 saturated heterocycles. The van der Waals surface area contributed by atoms with Crippen LogP contribution in [0.3, 0.4) is 0 Å².